The van der Waals surface area contributed by atoms with Gasteiger partial charge in [0.05, 0.1) is 22.1 Å². The number of hydrogen-bond acceptors (Lipinski definition) is 3. The lowest BCUT2D eigenvalue weighted by molar-refractivity contribution is 0.435. The minimum Gasteiger partial charge on any atom is -0.457 e. The Morgan fingerprint density at radius 2 is 0.955 bits per heavy atom. The van der Waals surface area contributed by atoms with Gasteiger partial charge in [0, 0.05) is 61.2 Å². The standard InChI is InChI=1S/C63H38N2O2/c1-2-18-44-39(14-1)15-13-26-55(44)65-56-25-7-3-19-46(56)50-36-41(32-35-57(50)65)64(43-31-34-48-47-20-4-8-27-58(47)66-61(48)38-43)42-30-33-45-49-21-11-16-40-17-12-24-53(62(40)49)63(54(45)37-42)51-22-5-9-28-59(51)67-60-29-10-6-23-52(60)63/h1-38H. The first kappa shape index (κ1) is 36.5. The highest BCUT2D eigenvalue weighted by molar-refractivity contribution is 6.13. The molecule has 1 aliphatic heterocycles. The van der Waals surface area contributed by atoms with Gasteiger partial charge in [0.1, 0.15) is 22.7 Å². The van der Waals surface area contributed by atoms with Crippen LogP contribution in [0.4, 0.5) is 17.1 Å². The topological polar surface area (TPSA) is 30.5 Å². The van der Waals surface area contributed by atoms with E-state index in [1.54, 1.807) is 0 Å². The Morgan fingerprint density at radius 3 is 1.82 bits per heavy atom. The molecule has 0 atom stereocenters. The maximum atomic E-state index is 6.80. The maximum Gasteiger partial charge on any atom is 0.137 e. The summed E-state index contributed by atoms with van der Waals surface area (Å²) < 4.78 is 15.8. The van der Waals surface area contributed by atoms with Crippen molar-refractivity contribution in [3.63, 3.8) is 0 Å². The zero-order chi connectivity index (χ0) is 43.8. The summed E-state index contributed by atoms with van der Waals surface area (Å²) >= 11 is 0. The van der Waals surface area contributed by atoms with Gasteiger partial charge in [0.25, 0.3) is 0 Å². The molecule has 0 amide bonds. The summed E-state index contributed by atoms with van der Waals surface area (Å²) in [4.78, 5) is 2.42. The summed E-state index contributed by atoms with van der Waals surface area (Å²) in [7, 11) is 0. The van der Waals surface area contributed by atoms with Crippen LogP contribution in [0.15, 0.2) is 235 Å². The number of nitrogens with zero attached hydrogens (tertiary/aromatic N) is 2. The number of hydrogen-bond donors (Lipinski definition) is 0. The van der Waals surface area contributed by atoms with Crippen LogP contribution in [0.5, 0.6) is 11.5 Å². The zero-order valence-electron chi connectivity index (χ0n) is 36.2. The molecular formula is C63H38N2O2. The fourth-order valence-electron chi connectivity index (χ4n) is 11.9. The molecule has 0 fully saturated rings. The average Bonchev–Trinajstić information content (AvgIpc) is 3.92. The van der Waals surface area contributed by atoms with Crippen LogP contribution >= 0.6 is 0 Å². The second-order valence-electron chi connectivity index (χ2n) is 17.9. The Bertz CT molecular complexity index is 4170. The summed E-state index contributed by atoms with van der Waals surface area (Å²) in [5.74, 6) is 1.74. The molecule has 0 saturated heterocycles. The van der Waals surface area contributed by atoms with Gasteiger partial charge in [-0.15, -0.1) is 0 Å². The van der Waals surface area contributed by atoms with Gasteiger partial charge in [0.2, 0.25) is 0 Å². The second kappa shape index (κ2) is 13.6. The van der Waals surface area contributed by atoms with E-state index in [9.17, 15) is 0 Å². The van der Waals surface area contributed by atoms with Crippen LogP contribution in [0.25, 0.3) is 82.1 Å². The van der Waals surface area contributed by atoms with Crippen molar-refractivity contribution in [3.8, 4) is 28.3 Å². The molecule has 67 heavy (non-hydrogen) atoms. The monoisotopic (exact) mass is 854 g/mol. The van der Waals surface area contributed by atoms with E-state index in [1.807, 2.05) is 6.07 Å². The van der Waals surface area contributed by atoms with Crippen molar-refractivity contribution in [2.24, 2.45) is 0 Å². The van der Waals surface area contributed by atoms with E-state index in [4.69, 9.17) is 9.15 Å². The van der Waals surface area contributed by atoms with Gasteiger partial charge in [-0.1, -0.05) is 152 Å². The number of fused-ring (bicyclic) bond motifs is 15. The molecule has 2 aromatic heterocycles. The number of furan rings is 1. The van der Waals surface area contributed by atoms with Crippen LogP contribution < -0.4 is 9.64 Å². The molecule has 13 aromatic rings. The lowest BCUT2D eigenvalue weighted by atomic mass is 9.58. The molecule has 0 bridgehead atoms. The molecule has 0 unspecified atom stereocenters. The molecule has 1 spiro atoms. The molecular weight excluding hydrogens is 817 g/mol. The largest absolute Gasteiger partial charge is 0.457 e. The van der Waals surface area contributed by atoms with E-state index in [2.05, 4.69) is 234 Å². The summed E-state index contributed by atoms with van der Waals surface area (Å²) in [6.45, 7) is 0. The van der Waals surface area contributed by atoms with Crippen LogP contribution in [-0.4, -0.2) is 4.57 Å². The van der Waals surface area contributed by atoms with Gasteiger partial charge >= 0.3 is 0 Å². The summed E-state index contributed by atoms with van der Waals surface area (Å²) in [5.41, 5.74) is 14.8. The SMILES string of the molecule is c1ccc2c(c1)Oc1ccccc1C21c2cc(N(c3ccc4c(c3)oc3ccccc34)c3ccc4c(c3)c3ccccc3n4-c3cccc4ccccc34)ccc2-c2cccc3cccc1c23. The first-order chi connectivity index (χ1) is 33.2. The predicted octanol–water partition coefficient (Wildman–Crippen LogP) is 16.9. The van der Waals surface area contributed by atoms with Crippen LogP contribution in [0.1, 0.15) is 22.3 Å². The van der Waals surface area contributed by atoms with Crippen LogP contribution in [0, 0.1) is 0 Å². The quantitative estimate of drug-likeness (QED) is 0.177. The fourth-order valence-corrected chi connectivity index (χ4v) is 11.9. The fraction of sp³-hybridized carbons (Fsp3) is 0.0159. The number of ether oxygens (including phenoxy) is 1. The number of rotatable bonds is 4. The van der Waals surface area contributed by atoms with Crippen molar-refractivity contribution in [2.45, 2.75) is 5.41 Å². The zero-order valence-corrected chi connectivity index (χ0v) is 36.2. The van der Waals surface area contributed by atoms with Crippen molar-refractivity contribution in [1.82, 2.24) is 4.57 Å². The van der Waals surface area contributed by atoms with E-state index in [0.717, 1.165) is 72.8 Å². The summed E-state index contributed by atoms with van der Waals surface area (Å²) in [6, 6.07) is 83.9. The normalized spacial score (nSPS) is 13.3. The molecule has 3 heterocycles. The van der Waals surface area contributed by atoms with E-state index in [1.165, 1.54) is 60.1 Å². The van der Waals surface area contributed by atoms with Gasteiger partial charge in [-0.05, 0) is 111 Å². The van der Waals surface area contributed by atoms with E-state index < -0.39 is 5.41 Å². The molecule has 0 saturated carbocycles. The minimum absolute atomic E-state index is 0.686. The Labute approximate surface area is 385 Å². The predicted molar refractivity (Wildman–Crippen MR) is 275 cm³/mol. The highest BCUT2D eigenvalue weighted by Crippen LogP contribution is 2.62. The number of benzene rings is 11. The van der Waals surface area contributed by atoms with Crippen molar-refractivity contribution >= 4 is 82.4 Å². The van der Waals surface area contributed by atoms with Crippen molar-refractivity contribution in [3.05, 3.63) is 253 Å². The Hall–Kier alpha value is -8.86. The first-order valence-corrected chi connectivity index (χ1v) is 23.0. The third kappa shape index (κ3) is 4.96. The molecule has 0 radical (unpaired) electrons. The number of anilines is 3. The van der Waals surface area contributed by atoms with Crippen molar-refractivity contribution in [1.29, 1.82) is 0 Å². The molecule has 312 valence electrons. The average molecular weight is 855 g/mol. The number of aromatic nitrogens is 1. The Kier molecular flexibility index (Phi) is 7.40. The third-order valence-corrected chi connectivity index (χ3v) is 14.6. The molecule has 4 nitrogen and oxygen atoms in total. The van der Waals surface area contributed by atoms with Crippen LogP contribution in [0.3, 0.4) is 0 Å². The van der Waals surface area contributed by atoms with Crippen LogP contribution in [0.2, 0.25) is 0 Å². The lowest BCUT2D eigenvalue weighted by Crippen LogP contribution is -2.36. The van der Waals surface area contributed by atoms with E-state index in [0.29, 0.717) is 0 Å². The highest BCUT2D eigenvalue weighted by Gasteiger charge is 2.49. The van der Waals surface area contributed by atoms with Gasteiger partial charge in [-0.25, -0.2) is 0 Å². The van der Waals surface area contributed by atoms with E-state index >= 15 is 0 Å². The van der Waals surface area contributed by atoms with Crippen molar-refractivity contribution in [2.75, 3.05) is 4.90 Å². The van der Waals surface area contributed by atoms with Crippen LogP contribution in [-0.2, 0) is 5.41 Å². The summed E-state index contributed by atoms with van der Waals surface area (Å²) in [6.07, 6.45) is 0. The maximum absolute atomic E-state index is 6.80. The van der Waals surface area contributed by atoms with Gasteiger partial charge < -0.3 is 18.6 Å². The third-order valence-electron chi connectivity index (χ3n) is 14.6. The van der Waals surface area contributed by atoms with Gasteiger partial charge in [0.15, 0.2) is 0 Å². The highest BCUT2D eigenvalue weighted by atomic mass is 16.5. The summed E-state index contributed by atoms with van der Waals surface area (Å²) in [5, 5.41) is 9.51. The number of para-hydroxylation sites is 4. The second-order valence-corrected chi connectivity index (χ2v) is 17.9. The Morgan fingerprint density at radius 1 is 0.358 bits per heavy atom. The molecule has 11 aromatic carbocycles. The first-order valence-electron chi connectivity index (χ1n) is 23.0. The molecule has 4 heteroatoms. The molecule has 1 aliphatic carbocycles. The Balaban J connectivity index is 1.03. The smallest absolute Gasteiger partial charge is 0.137 e. The van der Waals surface area contributed by atoms with Crippen molar-refractivity contribution < 1.29 is 9.15 Å². The van der Waals surface area contributed by atoms with Gasteiger partial charge in [-0.2, -0.15) is 0 Å². The molecule has 0 N–H and O–H groups in total. The lowest BCUT2D eigenvalue weighted by Gasteiger charge is -2.45. The molecule has 15 rings (SSSR count). The van der Waals surface area contributed by atoms with E-state index in [-0.39, 0.29) is 0 Å². The molecule has 2 aliphatic rings. The minimum atomic E-state index is -0.686. The van der Waals surface area contributed by atoms with Gasteiger partial charge in [-0.3, -0.25) is 0 Å².